The van der Waals surface area contributed by atoms with Crippen LogP contribution in [0.1, 0.15) is 124 Å². The average Bonchev–Trinajstić information content (AvgIpc) is 3.05. The Kier molecular flexibility index (Phi) is 37.6. The van der Waals surface area contributed by atoms with Crippen LogP contribution in [0.5, 0.6) is 0 Å². The number of aromatic nitrogens is 1. The van der Waals surface area contributed by atoms with Crippen molar-refractivity contribution in [2.75, 3.05) is 13.2 Å². The summed E-state index contributed by atoms with van der Waals surface area (Å²) in [5, 5.41) is 5.04. The SMILES string of the molecule is C=C(C)NCCCC(C)COC(C)=O.CC.CC(C)=O.CC=O.CCCC.CCc1cccc(C)c1C.Cc1cc2cc(F)ccc2cn1. The molecule has 0 amide bonds. The number of aryl methyl sites for hydroxylation is 3. The molecule has 278 valence electrons. The number of halogens is 1. The summed E-state index contributed by atoms with van der Waals surface area (Å²) in [5.41, 5.74) is 6.23. The van der Waals surface area contributed by atoms with Crippen LogP contribution in [-0.4, -0.2) is 36.2 Å². The number of pyridine rings is 1. The van der Waals surface area contributed by atoms with E-state index in [1.807, 2.05) is 33.8 Å². The van der Waals surface area contributed by atoms with Crippen molar-refractivity contribution < 1.29 is 23.5 Å². The topological polar surface area (TPSA) is 85.4 Å². The summed E-state index contributed by atoms with van der Waals surface area (Å²) >= 11 is 0. The Balaban J connectivity index is -0.000000265. The number of benzene rings is 2. The van der Waals surface area contributed by atoms with Gasteiger partial charge >= 0.3 is 5.97 Å². The molecule has 3 rings (SSSR count). The van der Waals surface area contributed by atoms with E-state index in [2.05, 4.69) is 76.6 Å². The first-order chi connectivity index (χ1) is 23.1. The maximum absolute atomic E-state index is 12.7. The first-order valence-corrected chi connectivity index (χ1v) is 17.6. The molecule has 3 aromatic rings. The van der Waals surface area contributed by atoms with Crippen LogP contribution < -0.4 is 5.32 Å². The molecule has 0 fully saturated rings. The highest BCUT2D eigenvalue weighted by Gasteiger charge is 2.03. The normalized spacial score (nSPS) is 9.53. The molecule has 1 atom stereocenters. The molecule has 1 unspecified atom stereocenters. The van der Waals surface area contributed by atoms with Crippen LogP contribution in [0, 0.1) is 32.5 Å². The third kappa shape index (κ3) is 35.3. The molecule has 0 bridgehead atoms. The van der Waals surface area contributed by atoms with Gasteiger partial charge in [-0.15, -0.1) is 0 Å². The van der Waals surface area contributed by atoms with Crippen LogP contribution in [-0.2, 0) is 25.5 Å². The Morgan fingerprint density at radius 2 is 1.51 bits per heavy atom. The fourth-order valence-electron chi connectivity index (χ4n) is 3.51. The number of hydrogen-bond donors (Lipinski definition) is 1. The maximum Gasteiger partial charge on any atom is 0.302 e. The summed E-state index contributed by atoms with van der Waals surface area (Å²) in [4.78, 5) is 32.9. The zero-order valence-corrected chi connectivity index (χ0v) is 33.4. The molecule has 0 saturated carbocycles. The van der Waals surface area contributed by atoms with Crippen molar-refractivity contribution in [1.29, 1.82) is 0 Å². The van der Waals surface area contributed by atoms with Crippen molar-refractivity contribution in [2.45, 2.75) is 129 Å². The Morgan fingerprint density at radius 3 is 1.96 bits per heavy atom. The molecule has 2 aromatic carbocycles. The number of allylic oxidation sites excluding steroid dienone is 1. The lowest BCUT2D eigenvalue weighted by atomic mass is 10.0. The Hall–Kier alpha value is -3.87. The third-order valence-corrected chi connectivity index (χ3v) is 6.29. The fourth-order valence-corrected chi connectivity index (χ4v) is 3.51. The summed E-state index contributed by atoms with van der Waals surface area (Å²) in [7, 11) is 0. The highest BCUT2D eigenvalue weighted by Crippen LogP contribution is 2.15. The van der Waals surface area contributed by atoms with E-state index in [9.17, 15) is 14.0 Å². The zero-order chi connectivity index (χ0) is 38.8. The van der Waals surface area contributed by atoms with Crippen molar-refractivity contribution in [3.63, 3.8) is 0 Å². The number of unbranched alkanes of at least 4 members (excludes halogenated alkanes) is 1. The van der Waals surface area contributed by atoms with Gasteiger partial charge in [-0.3, -0.25) is 9.78 Å². The van der Waals surface area contributed by atoms with Crippen LogP contribution in [0.4, 0.5) is 4.39 Å². The zero-order valence-electron chi connectivity index (χ0n) is 33.4. The van der Waals surface area contributed by atoms with Crippen LogP contribution in [0.15, 0.2) is 60.9 Å². The van der Waals surface area contributed by atoms with Crippen molar-refractivity contribution in [3.05, 3.63) is 89.1 Å². The molecule has 7 heteroatoms. The van der Waals surface area contributed by atoms with Crippen LogP contribution in [0.2, 0.25) is 0 Å². The van der Waals surface area contributed by atoms with Crippen molar-refractivity contribution in [3.8, 4) is 0 Å². The van der Waals surface area contributed by atoms with Gasteiger partial charge in [-0.1, -0.05) is 79.2 Å². The van der Waals surface area contributed by atoms with Gasteiger partial charge in [0.1, 0.15) is 17.9 Å². The van der Waals surface area contributed by atoms with Gasteiger partial charge in [-0.05, 0) is 120 Å². The fraction of sp³-hybridized carbons (Fsp3) is 0.524. The minimum atomic E-state index is -0.201. The first-order valence-electron chi connectivity index (χ1n) is 17.6. The molecule has 0 radical (unpaired) electrons. The molecular weight excluding hydrogens is 615 g/mol. The van der Waals surface area contributed by atoms with Gasteiger partial charge in [-0.25, -0.2) is 4.39 Å². The van der Waals surface area contributed by atoms with E-state index in [0.29, 0.717) is 12.5 Å². The number of Topliss-reactive ketones (excluding diaryl/α,β-unsaturated/α-hetero) is 1. The highest BCUT2D eigenvalue weighted by atomic mass is 19.1. The molecule has 0 aliphatic heterocycles. The summed E-state index contributed by atoms with van der Waals surface area (Å²) in [6.45, 7) is 32.0. The molecule has 0 aliphatic carbocycles. The largest absolute Gasteiger partial charge is 0.466 e. The molecular formula is C42H69FN2O4. The molecule has 0 aliphatic rings. The number of carbonyl (C=O) groups is 3. The predicted octanol–water partition coefficient (Wildman–Crippen LogP) is 11.3. The second-order valence-corrected chi connectivity index (χ2v) is 11.4. The van der Waals surface area contributed by atoms with Crippen molar-refractivity contribution in [2.24, 2.45) is 5.92 Å². The van der Waals surface area contributed by atoms with E-state index in [-0.39, 0.29) is 17.6 Å². The van der Waals surface area contributed by atoms with Gasteiger partial charge in [0, 0.05) is 36.4 Å². The van der Waals surface area contributed by atoms with Gasteiger partial charge in [0.05, 0.1) is 6.61 Å². The Morgan fingerprint density at radius 1 is 0.959 bits per heavy atom. The lowest BCUT2D eigenvalue weighted by Gasteiger charge is -2.11. The quantitative estimate of drug-likeness (QED) is 0.137. The van der Waals surface area contributed by atoms with Gasteiger partial charge < -0.3 is 19.6 Å². The molecule has 49 heavy (non-hydrogen) atoms. The number of ether oxygens (including phenoxy) is 1. The maximum atomic E-state index is 12.7. The van der Waals surface area contributed by atoms with Gasteiger partial charge in [0.2, 0.25) is 0 Å². The van der Waals surface area contributed by atoms with Crippen LogP contribution in [0.25, 0.3) is 10.8 Å². The van der Waals surface area contributed by atoms with Gasteiger partial charge in [0.15, 0.2) is 0 Å². The van der Waals surface area contributed by atoms with Gasteiger partial charge in [-0.2, -0.15) is 0 Å². The number of ketones is 1. The number of hydrogen-bond acceptors (Lipinski definition) is 6. The summed E-state index contributed by atoms with van der Waals surface area (Å²) in [6.07, 6.45) is 8.43. The monoisotopic (exact) mass is 685 g/mol. The van der Waals surface area contributed by atoms with Crippen LogP contribution in [0.3, 0.4) is 0 Å². The first kappa shape index (κ1) is 52.0. The van der Waals surface area contributed by atoms with E-state index in [4.69, 9.17) is 9.53 Å². The third-order valence-electron chi connectivity index (χ3n) is 6.29. The Labute approximate surface area is 299 Å². The van der Waals surface area contributed by atoms with E-state index in [0.717, 1.165) is 54.3 Å². The van der Waals surface area contributed by atoms with Gasteiger partial charge in [0.25, 0.3) is 0 Å². The van der Waals surface area contributed by atoms with Crippen molar-refractivity contribution in [1.82, 2.24) is 10.3 Å². The highest BCUT2D eigenvalue weighted by molar-refractivity contribution is 5.81. The number of fused-ring (bicyclic) bond motifs is 1. The van der Waals surface area contributed by atoms with Crippen molar-refractivity contribution >= 4 is 28.8 Å². The van der Waals surface area contributed by atoms with E-state index in [1.54, 1.807) is 12.3 Å². The summed E-state index contributed by atoms with van der Waals surface area (Å²) < 4.78 is 17.7. The smallest absolute Gasteiger partial charge is 0.302 e. The minimum Gasteiger partial charge on any atom is -0.466 e. The second kappa shape index (κ2) is 35.4. The van der Waals surface area contributed by atoms with E-state index >= 15 is 0 Å². The average molecular weight is 685 g/mol. The lowest BCUT2D eigenvalue weighted by molar-refractivity contribution is -0.142. The predicted molar refractivity (Wildman–Crippen MR) is 210 cm³/mol. The number of esters is 1. The molecule has 1 N–H and O–H groups in total. The standard InChI is InChI=1S/C11H21NO2.C10H8FN.C10H14.C4H10.C3H6O.C2H4O.C2H6/c1-9(2)12-7-5-6-10(3)8-14-11(4)13;1-7-4-9-5-10(11)3-2-8(9)6-12-7;1-4-10-7-5-6-8(2)9(10)3;1-3-4-2;1-3(2)4;1-2-3;1-2/h10,12H,1,5-8H2,2-4H3;2-6H,1H3;5-7H,4H2,1-3H3;3-4H2,1-2H3;1-2H3;2H,1H3;1-2H3. The van der Waals surface area contributed by atoms with Crippen LogP contribution >= 0.6 is 0 Å². The molecule has 1 heterocycles. The number of nitrogens with zero attached hydrogens (tertiary/aromatic N) is 1. The number of rotatable bonds is 9. The Bertz CT molecular complexity index is 1250. The molecule has 1 aromatic heterocycles. The molecule has 0 saturated heterocycles. The number of carbonyl (C=O) groups excluding carboxylic acids is 3. The number of aldehydes is 1. The molecule has 0 spiro atoms. The second-order valence-electron chi connectivity index (χ2n) is 11.4. The summed E-state index contributed by atoms with van der Waals surface area (Å²) in [5.74, 6) is 0.204. The minimum absolute atomic E-state index is 0.167. The lowest BCUT2D eigenvalue weighted by Crippen LogP contribution is -2.14. The van der Waals surface area contributed by atoms with E-state index in [1.165, 1.54) is 69.4 Å². The number of nitrogens with one attached hydrogen (secondary N) is 1. The molecule has 6 nitrogen and oxygen atoms in total. The van der Waals surface area contributed by atoms with E-state index < -0.39 is 0 Å². The summed E-state index contributed by atoms with van der Waals surface area (Å²) in [6, 6.07) is 13.1.